The summed E-state index contributed by atoms with van der Waals surface area (Å²) in [5.41, 5.74) is 0.770. The van der Waals surface area contributed by atoms with Gasteiger partial charge in [-0.3, -0.25) is 14.4 Å². The highest BCUT2D eigenvalue weighted by Crippen LogP contribution is 2.47. The molecule has 1 aliphatic heterocycles. The zero-order valence-electron chi connectivity index (χ0n) is 20.6. The van der Waals surface area contributed by atoms with Crippen molar-refractivity contribution in [3.05, 3.63) is 48.0 Å². The van der Waals surface area contributed by atoms with Crippen LogP contribution in [0.25, 0.3) is 0 Å². The molecule has 1 fully saturated rings. The average molecular weight is 470 g/mol. The van der Waals surface area contributed by atoms with Gasteiger partial charge in [0.25, 0.3) is 0 Å². The minimum atomic E-state index is -0.775. The number of aliphatic hydroxyl groups is 1. The largest absolute Gasteiger partial charge is 0.394 e. The summed E-state index contributed by atoms with van der Waals surface area (Å²) in [6, 6.07) is 7.88. The van der Waals surface area contributed by atoms with Crippen LogP contribution in [0.5, 0.6) is 0 Å². The molecule has 0 unspecified atom stereocenters. The fourth-order valence-electron chi connectivity index (χ4n) is 5.63. The highest BCUT2D eigenvalue weighted by Gasteiger charge is 2.58. The quantitative estimate of drug-likeness (QED) is 0.343. The Bertz CT molecular complexity index is 872. The molecule has 0 spiro atoms. The molecule has 186 valence electrons. The molecule has 3 N–H and O–H groups in total. The number of aliphatic hydroxyl groups excluding tert-OH is 1. The molecule has 7 heteroatoms. The number of nitrogens with one attached hydrogen (secondary N) is 2. The summed E-state index contributed by atoms with van der Waals surface area (Å²) in [6.07, 6.45) is 8.61. The summed E-state index contributed by atoms with van der Waals surface area (Å²) >= 11 is 0. The SMILES string of the molecule is CCCCCNC(=O)[C@@H]1[C@H]2C=C[C@@H](CCC)[C@@H](C(=O)NC)[C@H]2C(=O)N1[C@H](CO)c1ccccc1. The summed E-state index contributed by atoms with van der Waals surface area (Å²) < 4.78 is 0. The van der Waals surface area contributed by atoms with Crippen molar-refractivity contribution < 1.29 is 19.5 Å². The second kappa shape index (κ2) is 12.2. The molecule has 1 heterocycles. The fourth-order valence-corrected chi connectivity index (χ4v) is 5.63. The molecule has 1 aromatic rings. The van der Waals surface area contributed by atoms with E-state index in [1.807, 2.05) is 42.5 Å². The van der Waals surface area contributed by atoms with Crippen LogP contribution in [0, 0.1) is 23.7 Å². The Morgan fingerprint density at radius 3 is 2.41 bits per heavy atom. The van der Waals surface area contributed by atoms with Gasteiger partial charge in [0.15, 0.2) is 0 Å². The average Bonchev–Trinajstić information content (AvgIpc) is 3.15. The third kappa shape index (κ3) is 5.19. The molecule has 1 aromatic carbocycles. The number of carbonyl (C=O) groups excluding carboxylic acids is 3. The molecule has 34 heavy (non-hydrogen) atoms. The highest BCUT2D eigenvalue weighted by atomic mass is 16.3. The maximum atomic E-state index is 14.0. The first-order chi connectivity index (χ1) is 16.5. The molecule has 0 aromatic heterocycles. The Labute approximate surface area is 203 Å². The van der Waals surface area contributed by atoms with Crippen LogP contribution in [-0.2, 0) is 14.4 Å². The first-order valence-corrected chi connectivity index (χ1v) is 12.7. The lowest BCUT2D eigenvalue weighted by Gasteiger charge is -2.34. The van der Waals surface area contributed by atoms with Gasteiger partial charge < -0.3 is 20.6 Å². The molecule has 1 saturated heterocycles. The third-order valence-electron chi connectivity index (χ3n) is 7.26. The van der Waals surface area contributed by atoms with Crippen molar-refractivity contribution >= 4 is 17.7 Å². The Morgan fingerprint density at radius 1 is 1.06 bits per heavy atom. The van der Waals surface area contributed by atoms with Gasteiger partial charge in [0, 0.05) is 19.5 Å². The van der Waals surface area contributed by atoms with E-state index in [-0.39, 0.29) is 30.2 Å². The normalized spacial score (nSPS) is 26.8. The number of carbonyl (C=O) groups is 3. The molecule has 3 rings (SSSR count). The van der Waals surface area contributed by atoms with Crippen LogP contribution in [-0.4, -0.2) is 54.0 Å². The second-order valence-corrected chi connectivity index (χ2v) is 9.38. The Balaban J connectivity index is 2.03. The van der Waals surface area contributed by atoms with E-state index in [2.05, 4.69) is 24.5 Å². The van der Waals surface area contributed by atoms with Gasteiger partial charge in [0.05, 0.1) is 24.5 Å². The highest BCUT2D eigenvalue weighted by molar-refractivity contribution is 5.97. The molecule has 6 atom stereocenters. The number of hydrogen-bond acceptors (Lipinski definition) is 4. The Hall–Kier alpha value is -2.67. The van der Waals surface area contributed by atoms with E-state index in [1.54, 1.807) is 11.9 Å². The van der Waals surface area contributed by atoms with Gasteiger partial charge in [-0.05, 0) is 24.3 Å². The van der Waals surface area contributed by atoms with E-state index >= 15 is 0 Å². The summed E-state index contributed by atoms with van der Waals surface area (Å²) in [7, 11) is 1.59. The Morgan fingerprint density at radius 2 is 1.79 bits per heavy atom. The number of allylic oxidation sites excluding steroid dienone is 1. The van der Waals surface area contributed by atoms with Crippen LogP contribution in [0.3, 0.4) is 0 Å². The van der Waals surface area contributed by atoms with Gasteiger partial charge in [0.1, 0.15) is 6.04 Å². The van der Waals surface area contributed by atoms with Gasteiger partial charge in [0.2, 0.25) is 17.7 Å². The molecule has 0 radical (unpaired) electrons. The van der Waals surface area contributed by atoms with Gasteiger partial charge in [-0.25, -0.2) is 0 Å². The van der Waals surface area contributed by atoms with Gasteiger partial charge in [-0.2, -0.15) is 0 Å². The standard InChI is InChI=1S/C27H39N3O4/c1-4-6-10-16-29-26(33)24-20-15-14-19(11-5-2)22(25(32)28-3)23(20)27(34)30(24)21(17-31)18-12-8-7-9-13-18/h7-9,12-15,19-24,31H,4-6,10-11,16-17H2,1-3H3,(H,28,32)(H,29,33)/t19-,20+,21-,22-,23+,24+/m1/s1. The minimum Gasteiger partial charge on any atom is -0.394 e. The maximum Gasteiger partial charge on any atom is 0.243 e. The summed E-state index contributed by atoms with van der Waals surface area (Å²) in [5, 5.41) is 16.1. The van der Waals surface area contributed by atoms with Crippen LogP contribution < -0.4 is 10.6 Å². The molecule has 0 saturated carbocycles. The molecule has 1 aliphatic carbocycles. The molecule has 2 aliphatic rings. The van der Waals surface area contributed by atoms with Crippen LogP contribution in [0.15, 0.2) is 42.5 Å². The van der Waals surface area contributed by atoms with E-state index in [9.17, 15) is 19.5 Å². The van der Waals surface area contributed by atoms with Crippen LogP contribution in [0.2, 0.25) is 0 Å². The number of fused-ring (bicyclic) bond motifs is 1. The lowest BCUT2D eigenvalue weighted by atomic mass is 9.68. The molecular formula is C27H39N3O4. The second-order valence-electron chi connectivity index (χ2n) is 9.38. The minimum absolute atomic E-state index is 0.0623. The van der Waals surface area contributed by atoms with E-state index in [4.69, 9.17) is 0 Å². The van der Waals surface area contributed by atoms with Crippen LogP contribution in [0.1, 0.15) is 57.6 Å². The smallest absolute Gasteiger partial charge is 0.243 e. The van der Waals surface area contributed by atoms with Crippen LogP contribution in [0.4, 0.5) is 0 Å². The summed E-state index contributed by atoms with van der Waals surface area (Å²) in [5.74, 6) is -2.29. The number of rotatable bonds is 11. The number of unbranched alkanes of at least 4 members (excludes halogenated alkanes) is 2. The number of likely N-dealkylation sites (tertiary alicyclic amines) is 1. The zero-order chi connectivity index (χ0) is 24.7. The predicted molar refractivity (Wildman–Crippen MR) is 132 cm³/mol. The lowest BCUT2D eigenvalue weighted by molar-refractivity contribution is -0.143. The number of benzene rings is 1. The zero-order valence-corrected chi connectivity index (χ0v) is 20.6. The fraction of sp³-hybridized carbons (Fsp3) is 0.593. The van der Waals surface area contributed by atoms with Gasteiger partial charge in [-0.1, -0.05) is 75.6 Å². The summed E-state index contributed by atoms with van der Waals surface area (Å²) in [6.45, 7) is 4.40. The van der Waals surface area contributed by atoms with E-state index in [0.29, 0.717) is 6.54 Å². The van der Waals surface area contributed by atoms with Crippen LogP contribution >= 0.6 is 0 Å². The Kier molecular flexibility index (Phi) is 9.28. The number of amides is 3. The predicted octanol–water partition coefficient (Wildman–Crippen LogP) is 2.82. The van der Waals surface area contributed by atoms with Crippen molar-refractivity contribution in [2.24, 2.45) is 23.7 Å². The molecular weight excluding hydrogens is 430 g/mol. The van der Waals surface area contributed by atoms with E-state index < -0.39 is 29.8 Å². The first-order valence-electron chi connectivity index (χ1n) is 12.7. The van der Waals surface area contributed by atoms with Crippen molar-refractivity contribution in [1.82, 2.24) is 15.5 Å². The van der Waals surface area contributed by atoms with Crippen molar-refractivity contribution in [3.8, 4) is 0 Å². The maximum absolute atomic E-state index is 14.0. The third-order valence-corrected chi connectivity index (χ3v) is 7.26. The number of hydrogen-bond donors (Lipinski definition) is 3. The van der Waals surface area contributed by atoms with Gasteiger partial charge in [-0.15, -0.1) is 0 Å². The van der Waals surface area contributed by atoms with E-state index in [0.717, 1.165) is 37.7 Å². The van der Waals surface area contributed by atoms with Crippen molar-refractivity contribution in [1.29, 1.82) is 0 Å². The van der Waals surface area contributed by atoms with Gasteiger partial charge >= 0.3 is 0 Å². The lowest BCUT2D eigenvalue weighted by Crippen LogP contribution is -2.49. The molecule has 7 nitrogen and oxygen atoms in total. The summed E-state index contributed by atoms with van der Waals surface area (Å²) in [4.78, 5) is 42.1. The number of nitrogens with zero attached hydrogens (tertiary/aromatic N) is 1. The topological polar surface area (TPSA) is 98.7 Å². The van der Waals surface area contributed by atoms with E-state index in [1.165, 1.54) is 0 Å². The molecule has 3 amide bonds. The monoisotopic (exact) mass is 469 g/mol. The van der Waals surface area contributed by atoms with Crippen molar-refractivity contribution in [2.75, 3.05) is 20.2 Å². The first kappa shape index (κ1) is 25.9. The molecule has 0 bridgehead atoms. The van der Waals surface area contributed by atoms with Crippen molar-refractivity contribution in [3.63, 3.8) is 0 Å². The van der Waals surface area contributed by atoms with Crippen molar-refractivity contribution in [2.45, 2.75) is 58.0 Å².